The second-order valence-electron chi connectivity index (χ2n) is 7.90. The van der Waals surface area contributed by atoms with Crippen LogP contribution in [0.5, 0.6) is 5.75 Å². The highest BCUT2D eigenvalue weighted by Crippen LogP contribution is 2.40. The number of likely N-dealkylation sites (tertiary alicyclic amines) is 1. The Labute approximate surface area is 198 Å². The van der Waals surface area contributed by atoms with Crippen LogP contribution in [0.2, 0.25) is 0 Å². The highest BCUT2D eigenvalue weighted by Gasteiger charge is 2.41. The van der Waals surface area contributed by atoms with Gasteiger partial charge in [-0.15, -0.1) is 24.9 Å². The van der Waals surface area contributed by atoms with Crippen LogP contribution < -0.4 is 15.0 Å². The SMILES string of the molecule is O=C(CN1C(=O)[C@@H](C(=O)N2CCCCC2)Sc2ccccc21)Nc1ccc(OC(F)(F)F)cc1. The van der Waals surface area contributed by atoms with E-state index in [-0.39, 0.29) is 18.1 Å². The van der Waals surface area contributed by atoms with Crippen LogP contribution in [0.25, 0.3) is 0 Å². The summed E-state index contributed by atoms with van der Waals surface area (Å²) in [5.41, 5.74) is 0.775. The van der Waals surface area contributed by atoms with E-state index in [1.807, 2.05) is 0 Å². The van der Waals surface area contributed by atoms with Gasteiger partial charge in [-0.3, -0.25) is 14.4 Å². The number of fused-ring (bicyclic) bond motifs is 1. The standard InChI is InChI=1S/C23H22F3N3O4S/c24-23(25,26)33-16-10-8-15(9-11-16)27-19(30)14-29-17-6-2-3-7-18(17)34-20(22(29)32)21(31)28-12-4-1-5-13-28/h2-3,6-11,20H,1,4-5,12-14H2,(H,27,30)/t20-/m1/s1. The normalized spacial score (nSPS) is 18.3. The number of piperidine rings is 1. The number of hydrogen-bond donors (Lipinski definition) is 1. The third-order valence-corrected chi connectivity index (χ3v) is 6.69. The molecule has 4 rings (SSSR count). The monoisotopic (exact) mass is 493 g/mol. The minimum atomic E-state index is -4.81. The maximum atomic E-state index is 13.3. The van der Waals surface area contributed by atoms with Crippen LogP contribution in [0.4, 0.5) is 24.5 Å². The molecule has 2 aromatic carbocycles. The van der Waals surface area contributed by atoms with Gasteiger partial charge < -0.3 is 19.9 Å². The molecular formula is C23H22F3N3O4S. The number of amides is 3. The number of hydrogen-bond acceptors (Lipinski definition) is 5. The highest BCUT2D eigenvalue weighted by atomic mass is 32.2. The summed E-state index contributed by atoms with van der Waals surface area (Å²) in [5, 5.41) is 1.59. The number of rotatable bonds is 5. The van der Waals surface area contributed by atoms with Gasteiger partial charge in [0.1, 0.15) is 12.3 Å². The van der Waals surface area contributed by atoms with Crippen molar-refractivity contribution in [3.63, 3.8) is 0 Å². The van der Waals surface area contributed by atoms with Crippen molar-refractivity contribution in [2.45, 2.75) is 35.8 Å². The number of benzene rings is 2. The molecule has 34 heavy (non-hydrogen) atoms. The van der Waals surface area contributed by atoms with Crippen LogP contribution >= 0.6 is 11.8 Å². The molecule has 2 heterocycles. The average molecular weight is 494 g/mol. The van der Waals surface area contributed by atoms with Crippen molar-refractivity contribution < 1.29 is 32.3 Å². The number of anilines is 2. The van der Waals surface area contributed by atoms with Crippen molar-refractivity contribution in [2.75, 3.05) is 29.9 Å². The van der Waals surface area contributed by atoms with Gasteiger partial charge in [-0.25, -0.2) is 0 Å². The topological polar surface area (TPSA) is 79.0 Å². The number of carbonyl (C=O) groups is 3. The Morgan fingerprint density at radius 3 is 2.38 bits per heavy atom. The van der Waals surface area contributed by atoms with Crippen molar-refractivity contribution >= 4 is 40.9 Å². The molecule has 3 amide bonds. The summed E-state index contributed by atoms with van der Waals surface area (Å²) in [5.74, 6) is -1.69. The quantitative estimate of drug-likeness (QED) is 0.636. The van der Waals surface area contributed by atoms with E-state index < -0.39 is 29.2 Å². The van der Waals surface area contributed by atoms with E-state index >= 15 is 0 Å². The number of alkyl halides is 3. The Bertz CT molecular complexity index is 1070. The summed E-state index contributed by atoms with van der Waals surface area (Å²) < 4.78 is 40.8. The number of carbonyl (C=O) groups excluding carboxylic acids is 3. The minimum absolute atomic E-state index is 0.243. The molecule has 0 aliphatic carbocycles. The number of nitrogens with one attached hydrogen (secondary N) is 1. The number of ether oxygens (including phenoxy) is 1. The highest BCUT2D eigenvalue weighted by molar-refractivity contribution is 8.01. The van der Waals surface area contributed by atoms with Gasteiger partial charge in [-0.05, 0) is 55.7 Å². The van der Waals surface area contributed by atoms with E-state index in [1.54, 1.807) is 29.2 Å². The molecule has 2 aliphatic heterocycles. The molecule has 2 aliphatic rings. The molecule has 7 nitrogen and oxygen atoms in total. The summed E-state index contributed by atoms with van der Waals surface area (Å²) in [6.07, 6.45) is -1.97. The lowest BCUT2D eigenvalue weighted by molar-refractivity contribution is -0.274. The van der Waals surface area contributed by atoms with Gasteiger partial charge in [0.2, 0.25) is 11.8 Å². The van der Waals surface area contributed by atoms with Crippen molar-refractivity contribution in [2.24, 2.45) is 0 Å². The van der Waals surface area contributed by atoms with Crippen molar-refractivity contribution in [3.05, 3.63) is 48.5 Å². The lowest BCUT2D eigenvalue weighted by Crippen LogP contribution is -2.52. The number of halogens is 3. The van der Waals surface area contributed by atoms with E-state index in [1.165, 1.54) is 28.8 Å². The van der Waals surface area contributed by atoms with Gasteiger partial charge in [0, 0.05) is 23.7 Å². The molecule has 0 radical (unpaired) electrons. The van der Waals surface area contributed by atoms with Crippen molar-refractivity contribution in [3.8, 4) is 5.75 Å². The molecule has 1 N–H and O–H groups in total. The number of para-hydroxylation sites is 1. The fourth-order valence-electron chi connectivity index (χ4n) is 3.90. The molecule has 1 fully saturated rings. The molecule has 1 atom stereocenters. The van der Waals surface area contributed by atoms with Crippen LogP contribution in [-0.2, 0) is 14.4 Å². The van der Waals surface area contributed by atoms with E-state index in [0.29, 0.717) is 18.8 Å². The Morgan fingerprint density at radius 1 is 1.03 bits per heavy atom. The molecule has 0 saturated carbocycles. The predicted molar refractivity (Wildman–Crippen MR) is 121 cm³/mol. The van der Waals surface area contributed by atoms with Crippen LogP contribution in [0.1, 0.15) is 19.3 Å². The Balaban J connectivity index is 1.47. The second-order valence-corrected chi connectivity index (χ2v) is 9.04. The first-order chi connectivity index (χ1) is 16.2. The van der Waals surface area contributed by atoms with Crippen molar-refractivity contribution in [1.29, 1.82) is 0 Å². The molecular weight excluding hydrogens is 471 g/mol. The maximum absolute atomic E-state index is 13.3. The fraction of sp³-hybridized carbons (Fsp3) is 0.348. The van der Waals surface area contributed by atoms with Gasteiger partial charge in [-0.2, -0.15) is 0 Å². The molecule has 1 saturated heterocycles. The summed E-state index contributed by atoms with van der Waals surface area (Å²) in [7, 11) is 0. The van der Waals surface area contributed by atoms with E-state index in [0.717, 1.165) is 36.3 Å². The van der Waals surface area contributed by atoms with Gasteiger partial charge in [0.15, 0.2) is 5.25 Å². The van der Waals surface area contributed by atoms with Crippen molar-refractivity contribution in [1.82, 2.24) is 4.90 Å². The van der Waals surface area contributed by atoms with E-state index in [9.17, 15) is 27.6 Å². The Morgan fingerprint density at radius 2 is 1.71 bits per heavy atom. The van der Waals surface area contributed by atoms with E-state index in [4.69, 9.17) is 0 Å². The number of nitrogens with zero attached hydrogens (tertiary/aromatic N) is 2. The lowest BCUT2D eigenvalue weighted by Gasteiger charge is -2.36. The molecule has 0 unspecified atom stereocenters. The molecule has 11 heteroatoms. The minimum Gasteiger partial charge on any atom is -0.406 e. The zero-order valence-corrected chi connectivity index (χ0v) is 18.8. The first-order valence-electron chi connectivity index (χ1n) is 10.7. The van der Waals surface area contributed by atoms with Crippen LogP contribution in [-0.4, -0.2) is 53.9 Å². The Kier molecular flexibility index (Phi) is 7.01. The summed E-state index contributed by atoms with van der Waals surface area (Å²) in [6.45, 7) is 0.875. The average Bonchev–Trinajstić information content (AvgIpc) is 2.81. The molecule has 180 valence electrons. The van der Waals surface area contributed by atoms with Gasteiger partial charge >= 0.3 is 6.36 Å². The van der Waals surface area contributed by atoms with E-state index in [2.05, 4.69) is 10.1 Å². The van der Waals surface area contributed by atoms with Crippen LogP contribution in [0.15, 0.2) is 53.4 Å². The van der Waals surface area contributed by atoms with Crippen LogP contribution in [0, 0.1) is 0 Å². The third-order valence-electron chi connectivity index (χ3n) is 5.46. The Hall–Kier alpha value is -3.21. The summed E-state index contributed by atoms with van der Waals surface area (Å²) >= 11 is 1.19. The zero-order chi connectivity index (χ0) is 24.3. The largest absolute Gasteiger partial charge is 0.573 e. The second kappa shape index (κ2) is 9.96. The van der Waals surface area contributed by atoms with Gasteiger partial charge in [0.25, 0.3) is 5.91 Å². The smallest absolute Gasteiger partial charge is 0.406 e. The predicted octanol–water partition coefficient (Wildman–Crippen LogP) is 4.04. The molecule has 0 spiro atoms. The van der Waals surface area contributed by atoms with Gasteiger partial charge in [-0.1, -0.05) is 12.1 Å². The molecule has 2 aromatic rings. The van der Waals surface area contributed by atoms with Gasteiger partial charge in [0.05, 0.1) is 5.69 Å². The lowest BCUT2D eigenvalue weighted by atomic mass is 10.1. The first kappa shape index (κ1) is 23.9. The first-order valence-corrected chi connectivity index (χ1v) is 11.6. The number of thioether (sulfide) groups is 1. The third kappa shape index (κ3) is 5.64. The summed E-state index contributed by atoms with van der Waals surface area (Å²) in [4.78, 5) is 42.8. The molecule has 0 bridgehead atoms. The van der Waals surface area contributed by atoms with Crippen LogP contribution in [0.3, 0.4) is 0 Å². The zero-order valence-electron chi connectivity index (χ0n) is 18.0. The summed E-state index contributed by atoms with van der Waals surface area (Å²) in [6, 6.07) is 11.7. The maximum Gasteiger partial charge on any atom is 0.573 e. The fourth-order valence-corrected chi connectivity index (χ4v) is 5.09. The molecule has 0 aromatic heterocycles.